The van der Waals surface area contributed by atoms with Gasteiger partial charge in [-0.25, -0.2) is 9.67 Å². The number of ether oxygens (including phenoxy) is 2. The fraction of sp³-hybridized carbons (Fsp3) is 0.526. The van der Waals surface area contributed by atoms with Crippen LogP contribution >= 0.6 is 0 Å². The van der Waals surface area contributed by atoms with Crippen LogP contribution in [0.15, 0.2) is 6.07 Å². The molecule has 7 heteroatoms. The Morgan fingerprint density at radius 2 is 2.12 bits per heavy atom. The first-order valence-electron chi connectivity index (χ1n) is 9.20. The van der Waals surface area contributed by atoms with Crippen molar-refractivity contribution in [2.24, 2.45) is 0 Å². The molecule has 1 amide bonds. The monoisotopic (exact) mass is 356 g/mol. The van der Waals surface area contributed by atoms with E-state index in [1.54, 1.807) is 17.9 Å². The molecule has 0 saturated carbocycles. The minimum atomic E-state index is -0.224. The second-order valence-corrected chi connectivity index (χ2v) is 7.09. The predicted octanol–water partition coefficient (Wildman–Crippen LogP) is 2.93. The van der Waals surface area contributed by atoms with Gasteiger partial charge in [0.05, 0.1) is 25.1 Å². The number of pyridine rings is 1. The van der Waals surface area contributed by atoms with Crippen molar-refractivity contribution in [2.75, 3.05) is 19.0 Å². The standard InChI is InChI=1S/C19H24N4O3/c1-11(2)16-17(12-6-4-7-13(12)19(21-16)25-3)20-18(24)14-10-15-23(22-14)8-5-9-26-15/h10-11H,4-9H2,1-3H3,(H,20,24). The number of aromatic nitrogens is 3. The topological polar surface area (TPSA) is 78.3 Å². The second-order valence-electron chi connectivity index (χ2n) is 7.09. The average molecular weight is 356 g/mol. The Balaban J connectivity index is 1.70. The van der Waals surface area contributed by atoms with Crippen molar-refractivity contribution in [3.8, 4) is 11.8 Å². The molecule has 0 radical (unpaired) electrons. The van der Waals surface area contributed by atoms with Crippen molar-refractivity contribution in [3.05, 3.63) is 28.6 Å². The van der Waals surface area contributed by atoms with Crippen LogP contribution in [0.3, 0.4) is 0 Å². The summed E-state index contributed by atoms with van der Waals surface area (Å²) in [5, 5.41) is 7.46. The Morgan fingerprint density at radius 3 is 2.85 bits per heavy atom. The van der Waals surface area contributed by atoms with E-state index in [-0.39, 0.29) is 11.8 Å². The molecule has 7 nitrogen and oxygen atoms in total. The van der Waals surface area contributed by atoms with Crippen molar-refractivity contribution >= 4 is 11.6 Å². The van der Waals surface area contributed by atoms with Gasteiger partial charge in [-0.15, -0.1) is 0 Å². The van der Waals surface area contributed by atoms with Crippen LogP contribution in [0.25, 0.3) is 0 Å². The Hall–Kier alpha value is -2.57. The first kappa shape index (κ1) is 16.9. The molecule has 2 aliphatic rings. The van der Waals surface area contributed by atoms with Crippen LogP contribution in [0.2, 0.25) is 0 Å². The molecule has 4 rings (SSSR count). The number of nitrogens with one attached hydrogen (secondary N) is 1. The molecule has 0 spiro atoms. The fourth-order valence-electron chi connectivity index (χ4n) is 3.72. The van der Waals surface area contributed by atoms with Gasteiger partial charge in [-0.3, -0.25) is 4.79 Å². The van der Waals surface area contributed by atoms with E-state index in [2.05, 4.69) is 29.2 Å². The van der Waals surface area contributed by atoms with Crippen LogP contribution in [-0.4, -0.2) is 34.4 Å². The molecule has 138 valence electrons. The normalized spacial score (nSPS) is 15.4. The molecule has 0 unspecified atom stereocenters. The first-order chi connectivity index (χ1) is 12.6. The summed E-state index contributed by atoms with van der Waals surface area (Å²) in [6.07, 6.45) is 3.80. The van der Waals surface area contributed by atoms with Crippen molar-refractivity contribution in [1.82, 2.24) is 14.8 Å². The zero-order valence-electron chi connectivity index (χ0n) is 15.5. The second kappa shape index (κ2) is 6.63. The van der Waals surface area contributed by atoms with Gasteiger partial charge in [0, 0.05) is 24.6 Å². The van der Waals surface area contributed by atoms with Crippen molar-refractivity contribution in [1.29, 1.82) is 0 Å². The van der Waals surface area contributed by atoms with Gasteiger partial charge in [0.15, 0.2) is 5.69 Å². The van der Waals surface area contributed by atoms with Crippen LogP contribution < -0.4 is 14.8 Å². The highest BCUT2D eigenvalue weighted by molar-refractivity contribution is 6.04. The van der Waals surface area contributed by atoms with Crippen LogP contribution in [0.1, 0.15) is 59.9 Å². The summed E-state index contributed by atoms with van der Waals surface area (Å²) in [5.41, 5.74) is 4.31. The van der Waals surface area contributed by atoms with Gasteiger partial charge < -0.3 is 14.8 Å². The van der Waals surface area contributed by atoms with Gasteiger partial charge in [-0.2, -0.15) is 5.10 Å². The number of nitrogens with zero attached hydrogens (tertiary/aromatic N) is 3. The molecule has 0 aromatic carbocycles. The number of carbonyl (C=O) groups is 1. The van der Waals surface area contributed by atoms with E-state index in [0.29, 0.717) is 24.1 Å². The first-order valence-corrected chi connectivity index (χ1v) is 9.20. The number of fused-ring (bicyclic) bond motifs is 2. The minimum Gasteiger partial charge on any atom is -0.481 e. The number of methoxy groups -OCH3 is 1. The highest BCUT2D eigenvalue weighted by Crippen LogP contribution is 2.39. The summed E-state index contributed by atoms with van der Waals surface area (Å²) in [7, 11) is 1.65. The highest BCUT2D eigenvalue weighted by Gasteiger charge is 2.27. The van der Waals surface area contributed by atoms with E-state index < -0.39 is 0 Å². The molecular formula is C19H24N4O3. The Bertz CT molecular complexity index is 833. The number of hydrogen-bond donors (Lipinski definition) is 1. The SMILES string of the molecule is COc1nc(C(C)C)c(NC(=O)c2cc3n(n2)CCCO3)c2c1CCC2. The number of rotatable bonds is 4. The molecule has 3 heterocycles. The number of hydrogen-bond acceptors (Lipinski definition) is 5. The minimum absolute atomic E-state index is 0.170. The van der Waals surface area contributed by atoms with E-state index in [4.69, 9.17) is 9.47 Å². The molecule has 0 atom stereocenters. The lowest BCUT2D eigenvalue weighted by atomic mass is 10.0. The summed E-state index contributed by atoms with van der Waals surface area (Å²) in [6, 6.07) is 1.71. The molecule has 1 aliphatic heterocycles. The number of carbonyl (C=O) groups excluding carboxylic acids is 1. The van der Waals surface area contributed by atoms with E-state index in [1.807, 2.05) is 0 Å². The molecule has 1 N–H and O–H groups in total. The van der Waals surface area contributed by atoms with Crippen molar-refractivity contribution < 1.29 is 14.3 Å². The summed E-state index contributed by atoms with van der Waals surface area (Å²) in [4.78, 5) is 17.5. The van der Waals surface area contributed by atoms with Gasteiger partial charge in [0.1, 0.15) is 0 Å². The maximum atomic E-state index is 12.9. The summed E-state index contributed by atoms with van der Waals surface area (Å²) < 4.78 is 12.8. The average Bonchev–Trinajstić information content (AvgIpc) is 3.28. The predicted molar refractivity (Wildman–Crippen MR) is 97.2 cm³/mol. The number of amides is 1. The van der Waals surface area contributed by atoms with E-state index >= 15 is 0 Å². The molecule has 0 fully saturated rings. The van der Waals surface area contributed by atoms with Gasteiger partial charge in [0.2, 0.25) is 11.8 Å². The largest absolute Gasteiger partial charge is 0.481 e. The zero-order valence-corrected chi connectivity index (χ0v) is 15.5. The number of aryl methyl sites for hydroxylation is 1. The molecule has 0 bridgehead atoms. The Morgan fingerprint density at radius 1 is 1.31 bits per heavy atom. The third-order valence-electron chi connectivity index (χ3n) is 4.97. The molecular weight excluding hydrogens is 332 g/mol. The Kier molecular flexibility index (Phi) is 4.30. The molecule has 1 aliphatic carbocycles. The third-order valence-corrected chi connectivity index (χ3v) is 4.97. The van der Waals surface area contributed by atoms with Crippen molar-refractivity contribution in [2.45, 2.75) is 52.0 Å². The van der Waals surface area contributed by atoms with E-state index in [1.165, 1.54) is 0 Å². The van der Waals surface area contributed by atoms with Crippen LogP contribution in [0.4, 0.5) is 5.69 Å². The van der Waals surface area contributed by atoms with E-state index in [9.17, 15) is 4.79 Å². The third kappa shape index (κ3) is 2.81. The zero-order chi connectivity index (χ0) is 18.3. The molecule has 2 aromatic heterocycles. The van der Waals surface area contributed by atoms with Crippen LogP contribution in [-0.2, 0) is 19.4 Å². The van der Waals surface area contributed by atoms with Gasteiger partial charge in [-0.05, 0) is 30.7 Å². The lowest BCUT2D eigenvalue weighted by Crippen LogP contribution is -2.18. The van der Waals surface area contributed by atoms with Crippen LogP contribution in [0.5, 0.6) is 11.8 Å². The maximum absolute atomic E-state index is 12.9. The lowest BCUT2D eigenvalue weighted by Gasteiger charge is -2.19. The van der Waals surface area contributed by atoms with Gasteiger partial charge in [0.25, 0.3) is 5.91 Å². The maximum Gasteiger partial charge on any atom is 0.276 e. The summed E-state index contributed by atoms with van der Waals surface area (Å²) in [5.74, 6) is 1.29. The quantitative estimate of drug-likeness (QED) is 0.911. The van der Waals surface area contributed by atoms with Crippen LogP contribution in [0, 0.1) is 0 Å². The highest BCUT2D eigenvalue weighted by atomic mass is 16.5. The molecule has 0 saturated heterocycles. The summed E-state index contributed by atoms with van der Waals surface area (Å²) >= 11 is 0. The van der Waals surface area contributed by atoms with Gasteiger partial charge >= 0.3 is 0 Å². The van der Waals surface area contributed by atoms with E-state index in [0.717, 1.165) is 54.7 Å². The van der Waals surface area contributed by atoms with Crippen molar-refractivity contribution in [3.63, 3.8) is 0 Å². The fourth-order valence-corrected chi connectivity index (χ4v) is 3.72. The Labute approximate surface area is 152 Å². The summed E-state index contributed by atoms with van der Waals surface area (Å²) in [6.45, 7) is 5.59. The molecule has 2 aromatic rings. The number of anilines is 1. The van der Waals surface area contributed by atoms with Gasteiger partial charge in [-0.1, -0.05) is 13.8 Å². The lowest BCUT2D eigenvalue weighted by molar-refractivity contribution is 0.102. The smallest absolute Gasteiger partial charge is 0.276 e. The molecule has 26 heavy (non-hydrogen) atoms.